The first-order valence-electron chi connectivity index (χ1n) is 7.65. The largest absolute Gasteiger partial charge is 0.295 e. The van der Waals surface area contributed by atoms with Gasteiger partial charge in [0, 0.05) is 18.0 Å². The predicted octanol–water partition coefficient (Wildman–Crippen LogP) is 1.35. The van der Waals surface area contributed by atoms with Gasteiger partial charge in [0.1, 0.15) is 11.5 Å². The van der Waals surface area contributed by atoms with Gasteiger partial charge in [-0.25, -0.2) is 23.1 Å². The van der Waals surface area contributed by atoms with E-state index in [1.165, 1.54) is 0 Å². The van der Waals surface area contributed by atoms with E-state index >= 15 is 0 Å². The Kier molecular flexibility index (Phi) is 4.52. The average Bonchev–Trinajstić information content (AvgIpc) is 3.17. The average molecular weight is 355 g/mol. The van der Waals surface area contributed by atoms with E-state index in [0.29, 0.717) is 18.8 Å². The lowest BCUT2D eigenvalue weighted by molar-refractivity contribution is 0.243. The molecule has 2 aromatic heterocycles. The van der Waals surface area contributed by atoms with Gasteiger partial charge in [0.2, 0.25) is 5.82 Å². The Hall–Kier alpha value is -1.32. The van der Waals surface area contributed by atoms with Crippen LogP contribution in [0.1, 0.15) is 24.2 Å². The first-order chi connectivity index (χ1) is 10.9. The number of sulfone groups is 1. The Labute approximate surface area is 140 Å². The van der Waals surface area contributed by atoms with E-state index in [-0.39, 0.29) is 17.5 Å². The Morgan fingerprint density at radius 3 is 2.78 bits per heavy atom. The molecular formula is C14H21N5O2S2. The fourth-order valence-electron chi connectivity index (χ4n) is 2.79. The van der Waals surface area contributed by atoms with Crippen LogP contribution in [0.4, 0.5) is 0 Å². The van der Waals surface area contributed by atoms with Gasteiger partial charge in [0.15, 0.2) is 9.84 Å². The summed E-state index contributed by atoms with van der Waals surface area (Å²) in [5.41, 5.74) is 0.798. The topological polar surface area (TPSA) is 81.0 Å². The van der Waals surface area contributed by atoms with Crippen LogP contribution in [-0.4, -0.2) is 57.7 Å². The number of aryl methyl sites for hydroxylation is 2. The number of nitrogens with zero attached hydrogens (tertiary/aromatic N) is 5. The molecule has 0 radical (unpaired) electrons. The summed E-state index contributed by atoms with van der Waals surface area (Å²) in [7, 11) is -0.925. The molecule has 1 atom stereocenters. The molecule has 0 N–H and O–H groups in total. The molecule has 0 saturated carbocycles. The molecule has 2 aromatic rings. The molecule has 0 unspecified atom stereocenters. The Bertz CT molecular complexity index is 796. The van der Waals surface area contributed by atoms with Crippen LogP contribution in [0.5, 0.6) is 0 Å². The first-order valence-corrected chi connectivity index (χ1v) is 10.3. The van der Waals surface area contributed by atoms with Gasteiger partial charge >= 0.3 is 0 Å². The Morgan fingerprint density at radius 1 is 1.43 bits per heavy atom. The molecule has 1 saturated heterocycles. The summed E-state index contributed by atoms with van der Waals surface area (Å²) in [5.74, 6) is 2.01. The van der Waals surface area contributed by atoms with Crippen molar-refractivity contribution in [2.75, 3.05) is 18.6 Å². The Morgan fingerprint density at radius 2 is 2.22 bits per heavy atom. The van der Waals surface area contributed by atoms with E-state index < -0.39 is 9.84 Å². The zero-order valence-electron chi connectivity index (χ0n) is 13.6. The maximum atomic E-state index is 11.6. The highest BCUT2D eigenvalue weighted by Crippen LogP contribution is 2.21. The molecule has 1 fully saturated rings. The SMILES string of the molecule is CCn1nc(-c2csc(C)n2)nc1CN(C)[C@H]1CCS(=O)(=O)C1. The van der Waals surface area contributed by atoms with Crippen LogP contribution in [0.3, 0.4) is 0 Å². The third-order valence-corrected chi connectivity index (χ3v) is 6.64. The minimum atomic E-state index is -2.88. The summed E-state index contributed by atoms with van der Waals surface area (Å²) in [6.45, 7) is 5.29. The molecule has 1 aliphatic rings. The third kappa shape index (κ3) is 3.61. The minimum Gasteiger partial charge on any atom is -0.295 e. The number of hydrogen-bond acceptors (Lipinski definition) is 7. The molecule has 0 amide bonds. The highest BCUT2D eigenvalue weighted by Gasteiger charge is 2.31. The van der Waals surface area contributed by atoms with Crippen LogP contribution in [0.15, 0.2) is 5.38 Å². The second kappa shape index (κ2) is 6.29. The van der Waals surface area contributed by atoms with Crippen LogP contribution in [-0.2, 0) is 22.9 Å². The molecule has 1 aliphatic heterocycles. The molecule has 3 rings (SSSR count). The summed E-state index contributed by atoms with van der Waals surface area (Å²) in [6.07, 6.45) is 0.692. The Balaban J connectivity index is 1.78. The fourth-order valence-corrected chi connectivity index (χ4v) is 5.19. The highest BCUT2D eigenvalue weighted by atomic mass is 32.2. The van der Waals surface area contributed by atoms with E-state index in [1.54, 1.807) is 11.3 Å². The monoisotopic (exact) mass is 355 g/mol. The van der Waals surface area contributed by atoms with Gasteiger partial charge in [-0.2, -0.15) is 0 Å². The van der Waals surface area contributed by atoms with E-state index in [2.05, 4.69) is 20.0 Å². The van der Waals surface area contributed by atoms with E-state index in [9.17, 15) is 8.42 Å². The molecule has 0 aliphatic carbocycles. The lowest BCUT2D eigenvalue weighted by atomic mass is 10.2. The number of rotatable bonds is 5. The summed E-state index contributed by atoms with van der Waals surface area (Å²) < 4.78 is 25.2. The third-order valence-electron chi connectivity index (χ3n) is 4.12. The molecular weight excluding hydrogens is 334 g/mol. The number of thiazole rings is 1. The molecule has 0 spiro atoms. The van der Waals surface area contributed by atoms with Gasteiger partial charge in [0.05, 0.1) is 23.1 Å². The van der Waals surface area contributed by atoms with Crippen molar-refractivity contribution in [3.8, 4) is 11.5 Å². The smallest absolute Gasteiger partial charge is 0.200 e. The van der Waals surface area contributed by atoms with Crippen molar-refractivity contribution in [3.63, 3.8) is 0 Å². The van der Waals surface area contributed by atoms with Crippen molar-refractivity contribution in [1.29, 1.82) is 0 Å². The van der Waals surface area contributed by atoms with Crippen LogP contribution >= 0.6 is 11.3 Å². The molecule has 7 nitrogen and oxygen atoms in total. The van der Waals surface area contributed by atoms with Crippen LogP contribution in [0, 0.1) is 6.92 Å². The molecule has 23 heavy (non-hydrogen) atoms. The van der Waals surface area contributed by atoms with Crippen molar-refractivity contribution in [2.24, 2.45) is 0 Å². The molecule has 9 heteroatoms. The quantitative estimate of drug-likeness (QED) is 0.805. The van der Waals surface area contributed by atoms with Crippen LogP contribution < -0.4 is 0 Å². The molecule has 0 bridgehead atoms. The van der Waals surface area contributed by atoms with Crippen molar-refractivity contribution < 1.29 is 8.42 Å². The van der Waals surface area contributed by atoms with E-state index in [4.69, 9.17) is 0 Å². The normalized spacial score (nSPS) is 20.4. The van der Waals surface area contributed by atoms with Gasteiger partial charge in [-0.15, -0.1) is 16.4 Å². The highest BCUT2D eigenvalue weighted by molar-refractivity contribution is 7.91. The zero-order chi connectivity index (χ0) is 16.6. The lowest BCUT2D eigenvalue weighted by Gasteiger charge is -2.22. The maximum absolute atomic E-state index is 11.6. The van der Waals surface area contributed by atoms with Crippen molar-refractivity contribution in [1.82, 2.24) is 24.6 Å². The van der Waals surface area contributed by atoms with Gasteiger partial charge in [-0.3, -0.25) is 4.90 Å². The molecule has 126 valence electrons. The maximum Gasteiger partial charge on any atom is 0.200 e. The lowest BCUT2D eigenvalue weighted by Crippen LogP contribution is -2.33. The minimum absolute atomic E-state index is 0.0620. The van der Waals surface area contributed by atoms with Crippen molar-refractivity contribution in [3.05, 3.63) is 16.2 Å². The van der Waals surface area contributed by atoms with Gasteiger partial charge in [-0.1, -0.05) is 0 Å². The second-order valence-corrected chi connectivity index (χ2v) is 9.18. The predicted molar refractivity (Wildman–Crippen MR) is 90.1 cm³/mol. The van der Waals surface area contributed by atoms with Gasteiger partial charge in [0.25, 0.3) is 0 Å². The fraction of sp³-hybridized carbons (Fsp3) is 0.643. The summed E-state index contributed by atoms with van der Waals surface area (Å²) in [5, 5.41) is 7.47. The summed E-state index contributed by atoms with van der Waals surface area (Å²) in [4.78, 5) is 11.1. The second-order valence-electron chi connectivity index (χ2n) is 5.89. The molecule has 3 heterocycles. The van der Waals surface area contributed by atoms with Crippen LogP contribution in [0.2, 0.25) is 0 Å². The summed E-state index contributed by atoms with van der Waals surface area (Å²) in [6, 6.07) is 0.0620. The van der Waals surface area contributed by atoms with Crippen LogP contribution in [0.25, 0.3) is 11.5 Å². The molecule has 0 aromatic carbocycles. The summed E-state index contributed by atoms with van der Waals surface area (Å²) >= 11 is 1.58. The van der Waals surface area contributed by atoms with Gasteiger partial charge < -0.3 is 0 Å². The standard InChI is InChI=1S/C14H21N5O2S2/c1-4-19-13(7-18(3)11-5-6-23(20,21)9-11)16-14(17-19)12-8-22-10(2)15-12/h8,11H,4-7,9H2,1-3H3/t11-/m0/s1. The first kappa shape index (κ1) is 16.5. The van der Waals surface area contributed by atoms with Crippen molar-refractivity contribution in [2.45, 2.75) is 39.4 Å². The van der Waals surface area contributed by atoms with E-state index in [1.807, 2.05) is 31.0 Å². The number of aromatic nitrogens is 4. The van der Waals surface area contributed by atoms with Crippen molar-refractivity contribution >= 4 is 21.2 Å². The zero-order valence-corrected chi connectivity index (χ0v) is 15.2. The van der Waals surface area contributed by atoms with Gasteiger partial charge in [-0.05, 0) is 27.3 Å². The van der Waals surface area contributed by atoms with E-state index in [0.717, 1.165) is 23.1 Å². The number of hydrogen-bond donors (Lipinski definition) is 0.